The van der Waals surface area contributed by atoms with Gasteiger partial charge in [-0.15, -0.1) is 11.3 Å². The lowest BCUT2D eigenvalue weighted by Gasteiger charge is -2.39. The number of nitrogens with two attached hydrogens (primary N) is 1. The fourth-order valence-electron chi connectivity index (χ4n) is 2.93. The molecule has 1 saturated heterocycles. The van der Waals surface area contributed by atoms with Gasteiger partial charge in [-0.2, -0.15) is 0 Å². The average Bonchev–Trinajstić information content (AvgIpc) is 2.88. The van der Waals surface area contributed by atoms with Gasteiger partial charge in [0.2, 0.25) is 0 Å². The van der Waals surface area contributed by atoms with Gasteiger partial charge in [0, 0.05) is 38.6 Å². The quantitative estimate of drug-likeness (QED) is 0.938. The Hall–Kier alpha value is -1.08. The second-order valence-electron chi connectivity index (χ2n) is 6.16. The van der Waals surface area contributed by atoms with Crippen LogP contribution in [0.5, 0.6) is 0 Å². The number of benzene rings is 1. The molecule has 1 aromatic heterocycles. The highest BCUT2D eigenvalue weighted by Crippen LogP contribution is 2.24. The van der Waals surface area contributed by atoms with Crippen molar-refractivity contribution in [3.63, 3.8) is 0 Å². The Bertz CT molecular complexity index is 634. The summed E-state index contributed by atoms with van der Waals surface area (Å²) in [4.78, 5) is 9.37. The number of thiazole rings is 1. The molecule has 0 amide bonds. The highest BCUT2D eigenvalue weighted by atomic mass is 32.1. The number of halogens is 1. The van der Waals surface area contributed by atoms with Crippen LogP contribution in [0.15, 0.2) is 18.2 Å². The SMILES string of the molecule is CC(C)N1CCN(C(N)Cc2nc3ccc(F)cc3s2)CC1. The number of piperazine rings is 1. The molecule has 0 spiro atoms. The summed E-state index contributed by atoms with van der Waals surface area (Å²) < 4.78 is 14.1. The molecule has 2 N–H and O–H groups in total. The second-order valence-corrected chi connectivity index (χ2v) is 7.27. The third kappa shape index (κ3) is 3.46. The van der Waals surface area contributed by atoms with E-state index in [2.05, 4.69) is 28.6 Å². The highest BCUT2D eigenvalue weighted by molar-refractivity contribution is 7.18. The number of hydrogen-bond donors (Lipinski definition) is 1. The maximum atomic E-state index is 13.2. The van der Waals surface area contributed by atoms with Crippen LogP contribution in [0.3, 0.4) is 0 Å². The zero-order valence-corrected chi connectivity index (χ0v) is 13.9. The van der Waals surface area contributed by atoms with Crippen molar-refractivity contribution in [3.8, 4) is 0 Å². The molecular weight excluding hydrogens is 299 g/mol. The van der Waals surface area contributed by atoms with Crippen LogP contribution in [0.25, 0.3) is 10.2 Å². The molecule has 1 fully saturated rings. The Morgan fingerprint density at radius 1 is 1.23 bits per heavy atom. The van der Waals surface area contributed by atoms with Crippen molar-refractivity contribution in [1.82, 2.24) is 14.8 Å². The number of fused-ring (bicyclic) bond motifs is 1. The van der Waals surface area contributed by atoms with Gasteiger partial charge in [0.1, 0.15) is 5.82 Å². The molecule has 120 valence electrons. The predicted molar refractivity (Wildman–Crippen MR) is 89.5 cm³/mol. The first-order valence-corrected chi connectivity index (χ1v) is 8.63. The third-order valence-electron chi connectivity index (χ3n) is 4.33. The van der Waals surface area contributed by atoms with Crippen molar-refractivity contribution in [2.24, 2.45) is 5.73 Å². The second kappa shape index (κ2) is 6.58. The molecule has 1 unspecified atom stereocenters. The van der Waals surface area contributed by atoms with E-state index in [9.17, 15) is 4.39 Å². The zero-order valence-electron chi connectivity index (χ0n) is 13.1. The van der Waals surface area contributed by atoms with Crippen molar-refractivity contribution in [1.29, 1.82) is 0 Å². The van der Waals surface area contributed by atoms with E-state index in [0.717, 1.165) is 47.8 Å². The fraction of sp³-hybridized carbons (Fsp3) is 0.562. The van der Waals surface area contributed by atoms with Crippen LogP contribution in [-0.2, 0) is 6.42 Å². The monoisotopic (exact) mass is 322 g/mol. The van der Waals surface area contributed by atoms with Crippen LogP contribution in [0.4, 0.5) is 4.39 Å². The van der Waals surface area contributed by atoms with Gasteiger partial charge < -0.3 is 5.73 Å². The van der Waals surface area contributed by atoms with Gasteiger partial charge in [0.15, 0.2) is 0 Å². The van der Waals surface area contributed by atoms with Gasteiger partial charge >= 0.3 is 0 Å². The van der Waals surface area contributed by atoms with Gasteiger partial charge in [0.25, 0.3) is 0 Å². The molecule has 1 aromatic carbocycles. The lowest BCUT2D eigenvalue weighted by Crippen LogP contribution is -2.55. The van der Waals surface area contributed by atoms with Crippen molar-refractivity contribution < 1.29 is 4.39 Å². The summed E-state index contributed by atoms with van der Waals surface area (Å²) in [6.07, 6.45) is 0.711. The number of hydrogen-bond acceptors (Lipinski definition) is 5. The van der Waals surface area contributed by atoms with Crippen molar-refractivity contribution >= 4 is 21.6 Å². The third-order valence-corrected chi connectivity index (χ3v) is 5.37. The maximum absolute atomic E-state index is 13.2. The van der Waals surface area contributed by atoms with Crippen molar-refractivity contribution in [2.45, 2.75) is 32.5 Å². The minimum absolute atomic E-state index is 0.0141. The molecule has 0 radical (unpaired) electrons. The largest absolute Gasteiger partial charge is 0.315 e. The summed E-state index contributed by atoms with van der Waals surface area (Å²) in [6.45, 7) is 8.59. The molecule has 1 aliphatic rings. The van der Waals surface area contributed by atoms with E-state index in [1.165, 1.54) is 6.07 Å². The van der Waals surface area contributed by atoms with Gasteiger partial charge in [-0.05, 0) is 32.0 Å². The first-order valence-electron chi connectivity index (χ1n) is 7.81. The van der Waals surface area contributed by atoms with Crippen LogP contribution in [0.2, 0.25) is 0 Å². The molecule has 4 nitrogen and oxygen atoms in total. The Kier molecular flexibility index (Phi) is 4.73. The van der Waals surface area contributed by atoms with E-state index in [4.69, 9.17) is 5.73 Å². The molecule has 0 saturated carbocycles. The minimum atomic E-state index is -0.211. The lowest BCUT2D eigenvalue weighted by atomic mass is 10.2. The van der Waals surface area contributed by atoms with Gasteiger partial charge in [-0.3, -0.25) is 9.80 Å². The molecule has 0 aliphatic carbocycles. The zero-order chi connectivity index (χ0) is 15.7. The molecule has 2 aromatic rings. The molecule has 22 heavy (non-hydrogen) atoms. The van der Waals surface area contributed by atoms with Crippen LogP contribution >= 0.6 is 11.3 Å². The van der Waals surface area contributed by atoms with Gasteiger partial charge in [0.05, 0.1) is 21.4 Å². The molecule has 2 heterocycles. The van der Waals surface area contributed by atoms with Crippen molar-refractivity contribution in [2.75, 3.05) is 26.2 Å². The van der Waals surface area contributed by atoms with E-state index in [1.54, 1.807) is 23.5 Å². The number of rotatable bonds is 4. The molecular formula is C16H23FN4S. The van der Waals surface area contributed by atoms with Crippen LogP contribution in [0, 0.1) is 5.82 Å². The number of aromatic nitrogens is 1. The molecule has 0 bridgehead atoms. The predicted octanol–water partition coefficient (Wildman–Crippen LogP) is 2.29. The van der Waals surface area contributed by atoms with Gasteiger partial charge in [-0.25, -0.2) is 9.37 Å². The van der Waals surface area contributed by atoms with E-state index >= 15 is 0 Å². The molecule has 1 aliphatic heterocycles. The summed E-state index contributed by atoms with van der Waals surface area (Å²) in [5.41, 5.74) is 7.21. The summed E-state index contributed by atoms with van der Waals surface area (Å²) in [7, 11) is 0. The average molecular weight is 322 g/mol. The topological polar surface area (TPSA) is 45.4 Å². The molecule has 1 atom stereocenters. The Morgan fingerprint density at radius 2 is 1.91 bits per heavy atom. The van der Waals surface area contributed by atoms with Crippen LogP contribution in [-0.4, -0.2) is 53.2 Å². The number of nitrogens with zero attached hydrogens (tertiary/aromatic N) is 3. The van der Waals surface area contributed by atoms with E-state index in [1.807, 2.05) is 0 Å². The van der Waals surface area contributed by atoms with E-state index in [-0.39, 0.29) is 12.0 Å². The summed E-state index contributed by atoms with van der Waals surface area (Å²) >= 11 is 1.54. The highest BCUT2D eigenvalue weighted by Gasteiger charge is 2.23. The Balaban J connectivity index is 1.62. The lowest BCUT2D eigenvalue weighted by molar-refractivity contribution is 0.0798. The molecule has 3 rings (SSSR count). The van der Waals surface area contributed by atoms with Crippen molar-refractivity contribution in [3.05, 3.63) is 29.0 Å². The van der Waals surface area contributed by atoms with Crippen LogP contribution < -0.4 is 5.73 Å². The summed E-state index contributed by atoms with van der Waals surface area (Å²) in [5.74, 6) is -0.211. The minimum Gasteiger partial charge on any atom is -0.315 e. The van der Waals surface area contributed by atoms with Gasteiger partial charge in [-0.1, -0.05) is 0 Å². The smallest absolute Gasteiger partial charge is 0.124 e. The summed E-state index contributed by atoms with van der Waals surface area (Å²) in [6, 6.07) is 5.33. The first kappa shape index (κ1) is 15.8. The van der Waals surface area contributed by atoms with E-state index < -0.39 is 0 Å². The normalized spacial score (nSPS) is 19.1. The summed E-state index contributed by atoms with van der Waals surface area (Å²) in [5, 5.41) is 0.986. The van der Waals surface area contributed by atoms with E-state index in [0.29, 0.717) is 6.04 Å². The fourth-order valence-corrected chi connectivity index (χ4v) is 3.97. The first-order chi connectivity index (χ1) is 10.5. The Labute approximate surface area is 134 Å². The Morgan fingerprint density at radius 3 is 2.59 bits per heavy atom. The maximum Gasteiger partial charge on any atom is 0.124 e. The standard InChI is InChI=1S/C16H23FN4S/c1-11(2)20-5-7-21(8-6-20)15(18)10-16-19-13-4-3-12(17)9-14(13)22-16/h3-4,9,11,15H,5-8,10,18H2,1-2H3. The van der Waals surface area contributed by atoms with Crippen LogP contribution in [0.1, 0.15) is 18.9 Å². The molecule has 6 heteroatoms.